The van der Waals surface area contributed by atoms with Crippen molar-refractivity contribution in [3.63, 3.8) is 0 Å². The van der Waals surface area contributed by atoms with E-state index in [1.54, 1.807) is 12.0 Å². The van der Waals surface area contributed by atoms with E-state index in [4.69, 9.17) is 4.74 Å². The van der Waals surface area contributed by atoms with Gasteiger partial charge in [-0.3, -0.25) is 14.7 Å². The molecule has 1 N–H and O–H groups in total. The first-order valence-electron chi connectivity index (χ1n) is 9.46. The summed E-state index contributed by atoms with van der Waals surface area (Å²) in [5.41, 5.74) is 0. The van der Waals surface area contributed by atoms with Crippen molar-refractivity contribution in [2.24, 2.45) is 10.9 Å². The Morgan fingerprint density at radius 1 is 1.32 bits per heavy atom. The molecule has 7 nitrogen and oxygen atoms in total. The Morgan fingerprint density at radius 3 is 2.80 bits per heavy atom. The summed E-state index contributed by atoms with van der Waals surface area (Å²) < 4.78 is 5.27. The molecule has 0 radical (unpaired) electrons. The van der Waals surface area contributed by atoms with E-state index in [1.165, 1.54) is 0 Å². The minimum atomic E-state index is 0.0719. The Bertz CT molecular complexity index is 455. The number of carbonyl (C=O) groups is 1. The molecule has 2 saturated heterocycles. The lowest BCUT2D eigenvalue weighted by Crippen LogP contribution is -2.44. The molecule has 1 amide bonds. The number of nitrogens with zero attached hydrogens (tertiary/aromatic N) is 4. The van der Waals surface area contributed by atoms with Crippen molar-refractivity contribution >= 4 is 11.9 Å². The lowest BCUT2D eigenvalue weighted by Gasteiger charge is -2.26. The van der Waals surface area contributed by atoms with Crippen LogP contribution < -0.4 is 5.32 Å². The molecular weight excluding hydrogens is 318 g/mol. The zero-order valence-electron chi connectivity index (χ0n) is 16.3. The zero-order chi connectivity index (χ0) is 18.2. The molecule has 0 aliphatic carbocycles. The first-order chi connectivity index (χ1) is 12.1. The number of carbonyl (C=O) groups excluding carboxylic acids is 1. The highest BCUT2D eigenvalue weighted by molar-refractivity contribution is 5.81. The Labute approximate surface area is 152 Å². The molecule has 0 aromatic rings. The molecule has 0 saturated carbocycles. The summed E-state index contributed by atoms with van der Waals surface area (Å²) in [6, 6.07) is 0.0719. The van der Waals surface area contributed by atoms with Crippen LogP contribution in [0.3, 0.4) is 0 Å². The van der Waals surface area contributed by atoms with Crippen molar-refractivity contribution < 1.29 is 9.53 Å². The molecule has 2 aliphatic rings. The summed E-state index contributed by atoms with van der Waals surface area (Å²) in [6.07, 6.45) is 4.29. The van der Waals surface area contributed by atoms with Gasteiger partial charge in [-0.1, -0.05) is 0 Å². The molecule has 2 unspecified atom stereocenters. The summed E-state index contributed by atoms with van der Waals surface area (Å²) in [6.45, 7) is 5.75. The molecule has 0 bridgehead atoms. The van der Waals surface area contributed by atoms with Crippen LogP contribution >= 0.6 is 0 Å². The number of amides is 1. The molecule has 7 heteroatoms. The summed E-state index contributed by atoms with van der Waals surface area (Å²) in [7, 11) is 7.30. The van der Waals surface area contributed by atoms with Gasteiger partial charge in [0.2, 0.25) is 5.91 Å². The van der Waals surface area contributed by atoms with E-state index in [-0.39, 0.29) is 11.9 Å². The quantitative estimate of drug-likeness (QED) is 0.410. The second kappa shape index (κ2) is 9.97. The number of hydrogen-bond donors (Lipinski definition) is 1. The molecule has 144 valence electrons. The highest BCUT2D eigenvalue weighted by Crippen LogP contribution is 2.19. The number of likely N-dealkylation sites (tertiary alicyclic amines) is 2. The molecule has 2 aliphatic heterocycles. The van der Waals surface area contributed by atoms with Gasteiger partial charge in [0.15, 0.2) is 5.96 Å². The third-order valence-electron chi connectivity index (χ3n) is 5.19. The monoisotopic (exact) mass is 353 g/mol. The van der Waals surface area contributed by atoms with Crippen LogP contribution in [0.2, 0.25) is 0 Å². The maximum Gasteiger partial charge on any atom is 0.239 e. The number of aliphatic imine (C=N–C) groups is 1. The van der Waals surface area contributed by atoms with Crippen molar-refractivity contribution in [3.05, 3.63) is 0 Å². The summed E-state index contributed by atoms with van der Waals surface area (Å²) in [5, 5.41) is 3.48. The number of guanidine groups is 1. The molecular formula is C18H35N5O2. The van der Waals surface area contributed by atoms with Gasteiger partial charge in [0, 0.05) is 60.3 Å². The van der Waals surface area contributed by atoms with Crippen LogP contribution in [0, 0.1) is 5.92 Å². The molecule has 0 spiro atoms. The van der Waals surface area contributed by atoms with Crippen molar-refractivity contribution in [2.75, 3.05) is 67.6 Å². The molecule has 2 heterocycles. The fourth-order valence-corrected chi connectivity index (χ4v) is 3.88. The van der Waals surface area contributed by atoms with E-state index < -0.39 is 0 Å². The van der Waals surface area contributed by atoms with Gasteiger partial charge >= 0.3 is 0 Å². The molecule has 0 aromatic heterocycles. The highest BCUT2D eigenvalue weighted by atomic mass is 16.5. The zero-order valence-corrected chi connectivity index (χ0v) is 16.3. The molecule has 2 fully saturated rings. The van der Waals surface area contributed by atoms with Gasteiger partial charge in [-0.2, -0.15) is 0 Å². The first kappa shape index (κ1) is 20.0. The van der Waals surface area contributed by atoms with E-state index in [2.05, 4.69) is 20.1 Å². The van der Waals surface area contributed by atoms with Crippen LogP contribution in [-0.2, 0) is 9.53 Å². The predicted octanol–water partition coefficient (Wildman–Crippen LogP) is 0.473. The molecule has 2 rings (SSSR count). The fourth-order valence-electron chi connectivity index (χ4n) is 3.88. The lowest BCUT2D eigenvalue weighted by molar-refractivity contribution is -0.133. The third-order valence-corrected chi connectivity index (χ3v) is 5.19. The number of rotatable bonds is 7. The maximum absolute atomic E-state index is 12.2. The smallest absolute Gasteiger partial charge is 0.239 e. The standard InChI is InChI=1S/C18H35N5O2/c1-19-18(23-12-8-15(13-23)14-25-4)20-9-6-11-22-10-5-7-16(22)17(24)21(2)3/h15-16H,5-14H2,1-4H3,(H,19,20). The largest absolute Gasteiger partial charge is 0.384 e. The summed E-state index contributed by atoms with van der Waals surface area (Å²) in [4.78, 5) is 23.0. The van der Waals surface area contributed by atoms with Gasteiger partial charge < -0.3 is 19.9 Å². The van der Waals surface area contributed by atoms with Crippen LogP contribution in [0.5, 0.6) is 0 Å². The number of hydrogen-bond acceptors (Lipinski definition) is 4. The topological polar surface area (TPSA) is 60.4 Å². The third kappa shape index (κ3) is 5.57. The first-order valence-corrected chi connectivity index (χ1v) is 9.46. The number of nitrogens with one attached hydrogen (secondary N) is 1. The van der Waals surface area contributed by atoms with E-state index >= 15 is 0 Å². The second-order valence-electron chi connectivity index (χ2n) is 7.31. The Balaban J connectivity index is 1.70. The van der Waals surface area contributed by atoms with Crippen molar-refractivity contribution in [3.8, 4) is 0 Å². The van der Waals surface area contributed by atoms with Gasteiger partial charge in [-0.15, -0.1) is 0 Å². The van der Waals surface area contributed by atoms with Crippen molar-refractivity contribution in [1.29, 1.82) is 0 Å². The molecule has 0 aromatic carbocycles. The van der Waals surface area contributed by atoms with Crippen LogP contribution in [0.25, 0.3) is 0 Å². The van der Waals surface area contributed by atoms with Crippen molar-refractivity contribution in [2.45, 2.75) is 31.7 Å². The highest BCUT2D eigenvalue weighted by Gasteiger charge is 2.31. The van der Waals surface area contributed by atoms with Gasteiger partial charge in [0.25, 0.3) is 0 Å². The van der Waals surface area contributed by atoms with Crippen molar-refractivity contribution in [1.82, 2.24) is 20.0 Å². The van der Waals surface area contributed by atoms with Gasteiger partial charge in [-0.25, -0.2) is 0 Å². The maximum atomic E-state index is 12.2. The van der Waals surface area contributed by atoms with Crippen LogP contribution in [-0.4, -0.2) is 100 Å². The summed E-state index contributed by atoms with van der Waals surface area (Å²) >= 11 is 0. The van der Waals surface area contributed by atoms with Gasteiger partial charge in [0.1, 0.15) is 0 Å². The second-order valence-corrected chi connectivity index (χ2v) is 7.31. The minimum absolute atomic E-state index is 0.0719. The van der Waals surface area contributed by atoms with Crippen LogP contribution in [0.4, 0.5) is 0 Å². The SMILES string of the molecule is CN=C(NCCCN1CCCC1C(=O)N(C)C)N1CCC(COC)C1. The number of likely N-dealkylation sites (N-methyl/N-ethyl adjacent to an activating group) is 1. The average molecular weight is 354 g/mol. The number of ether oxygens (including phenoxy) is 1. The predicted molar refractivity (Wildman–Crippen MR) is 101 cm³/mol. The molecule has 2 atom stereocenters. The van der Waals surface area contributed by atoms with E-state index in [0.29, 0.717) is 5.92 Å². The van der Waals surface area contributed by atoms with Gasteiger partial charge in [0.05, 0.1) is 12.6 Å². The number of methoxy groups -OCH3 is 1. The average Bonchev–Trinajstić information content (AvgIpc) is 3.24. The van der Waals surface area contributed by atoms with Crippen LogP contribution in [0.1, 0.15) is 25.7 Å². The van der Waals surface area contributed by atoms with E-state index in [9.17, 15) is 4.79 Å². The summed E-state index contributed by atoms with van der Waals surface area (Å²) in [5.74, 6) is 1.83. The van der Waals surface area contributed by atoms with Gasteiger partial charge in [-0.05, 0) is 32.2 Å². The fraction of sp³-hybridized carbons (Fsp3) is 0.889. The minimum Gasteiger partial charge on any atom is -0.384 e. The normalized spacial score (nSPS) is 24.8. The van der Waals surface area contributed by atoms with Crippen LogP contribution in [0.15, 0.2) is 4.99 Å². The molecule has 25 heavy (non-hydrogen) atoms. The Kier molecular flexibility index (Phi) is 7.96. The Morgan fingerprint density at radius 2 is 2.12 bits per heavy atom. The van der Waals surface area contributed by atoms with E-state index in [0.717, 1.165) is 71.0 Å². The Hall–Kier alpha value is -1.34. The lowest BCUT2D eigenvalue weighted by atomic mass is 10.1. The van der Waals surface area contributed by atoms with E-state index in [1.807, 2.05) is 21.1 Å².